The van der Waals surface area contributed by atoms with Crippen molar-refractivity contribution in [2.24, 2.45) is 0 Å². The zero-order valence-electron chi connectivity index (χ0n) is 10.5. The molecule has 7 heteroatoms. The van der Waals surface area contributed by atoms with Crippen molar-refractivity contribution in [1.29, 1.82) is 0 Å². The Morgan fingerprint density at radius 1 is 1.30 bits per heavy atom. The first kappa shape index (κ1) is 14.5. The quantitative estimate of drug-likeness (QED) is 0.864. The average molecular weight is 299 g/mol. The van der Waals surface area contributed by atoms with Crippen LogP contribution in [0.15, 0.2) is 18.2 Å². The normalized spacial score (nSPS) is 14.8. The molecule has 0 saturated carbocycles. The summed E-state index contributed by atoms with van der Waals surface area (Å²) in [5, 5.41) is 2.45. The summed E-state index contributed by atoms with van der Waals surface area (Å²) in [5.74, 6) is -1.56. The Morgan fingerprint density at radius 2 is 1.95 bits per heavy atom. The fourth-order valence-electron chi connectivity index (χ4n) is 1.88. The van der Waals surface area contributed by atoms with Crippen LogP contribution in [0, 0.1) is 5.82 Å². The number of imide groups is 1. The largest absolute Gasteiger partial charge is 0.326 e. The first-order valence-corrected chi connectivity index (χ1v) is 6.43. The maximum atomic E-state index is 13.2. The highest BCUT2D eigenvalue weighted by atomic mass is 35.5. The van der Waals surface area contributed by atoms with Gasteiger partial charge < -0.3 is 5.32 Å². The van der Waals surface area contributed by atoms with Crippen molar-refractivity contribution in [1.82, 2.24) is 4.90 Å². The van der Waals surface area contributed by atoms with Gasteiger partial charge in [0.2, 0.25) is 17.7 Å². The summed E-state index contributed by atoms with van der Waals surface area (Å²) in [6.45, 7) is 0.0412. The second kappa shape index (κ2) is 6.00. The minimum absolute atomic E-state index is 0.0261. The molecular formula is C13H12ClFN2O3. The van der Waals surface area contributed by atoms with E-state index >= 15 is 0 Å². The van der Waals surface area contributed by atoms with Gasteiger partial charge in [0.05, 0.1) is 5.02 Å². The number of benzene rings is 1. The molecule has 1 aliphatic heterocycles. The van der Waals surface area contributed by atoms with E-state index in [0.717, 1.165) is 11.0 Å². The molecule has 0 spiro atoms. The van der Waals surface area contributed by atoms with Crippen LogP contribution in [0.2, 0.25) is 5.02 Å². The van der Waals surface area contributed by atoms with Crippen LogP contribution in [-0.4, -0.2) is 29.2 Å². The Balaban J connectivity index is 1.88. The minimum Gasteiger partial charge on any atom is -0.326 e. The number of amides is 3. The number of likely N-dealkylation sites (tertiary alicyclic amines) is 1. The van der Waals surface area contributed by atoms with Gasteiger partial charge in [0, 0.05) is 31.5 Å². The van der Waals surface area contributed by atoms with Crippen LogP contribution in [-0.2, 0) is 14.4 Å². The van der Waals surface area contributed by atoms with Crippen LogP contribution in [0.4, 0.5) is 10.1 Å². The third-order valence-electron chi connectivity index (χ3n) is 2.92. The molecule has 0 aliphatic carbocycles. The number of halogens is 2. The molecule has 20 heavy (non-hydrogen) atoms. The lowest BCUT2D eigenvalue weighted by molar-refractivity contribution is -0.138. The Hall–Kier alpha value is -1.95. The molecule has 1 fully saturated rings. The highest BCUT2D eigenvalue weighted by Gasteiger charge is 2.28. The minimum atomic E-state index is -0.630. The summed E-state index contributed by atoms with van der Waals surface area (Å²) in [6.07, 6.45) is 0.368. The SMILES string of the molecule is O=C(CCN1C(=O)CCC1=O)Nc1ccc(Cl)c(F)c1. The number of anilines is 1. The molecule has 1 saturated heterocycles. The van der Waals surface area contributed by atoms with Crippen molar-refractivity contribution in [3.63, 3.8) is 0 Å². The lowest BCUT2D eigenvalue weighted by Crippen LogP contribution is -2.32. The number of nitrogens with zero attached hydrogens (tertiary/aromatic N) is 1. The molecule has 0 aromatic heterocycles. The van der Waals surface area contributed by atoms with Crippen LogP contribution < -0.4 is 5.32 Å². The van der Waals surface area contributed by atoms with E-state index in [-0.39, 0.29) is 48.3 Å². The number of carbonyl (C=O) groups is 3. The summed E-state index contributed by atoms with van der Waals surface area (Å²) < 4.78 is 13.2. The maximum Gasteiger partial charge on any atom is 0.229 e. The third-order valence-corrected chi connectivity index (χ3v) is 3.23. The molecule has 1 aromatic rings. The molecule has 1 heterocycles. The third kappa shape index (κ3) is 3.33. The first-order chi connectivity index (χ1) is 9.47. The fourth-order valence-corrected chi connectivity index (χ4v) is 2.00. The van der Waals surface area contributed by atoms with Gasteiger partial charge >= 0.3 is 0 Å². The molecule has 106 valence electrons. The predicted octanol–water partition coefficient (Wildman–Crippen LogP) is 1.96. The smallest absolute Gasteiger partial charge is 0.229 e. The van der Waals surface area contributed by atoms with Gasteiger partial charge in [-0.25, -0.2) is 4.39 Å². The van der Waals surface area contributed by atoms with Gasteiger partial charge in [-0.2, -0.15) is 0 Å². The van der Waals surface area contributed by atoms with Gasteiger partial charge in [-0.3, -0.25) is 19.3 Å². The summed E-state index contributed by atoms with van der Waals surface area (Å²) >= 11 is 5.53. The van der Waals surface area contributed by atoms with E-state index in [4.69, 9.17) is 11.6 Å². The van der Waals surface area contributed by atoms with Crippen molar-refractivity contribution < 1.29 is 18.8 Å². The van der Waals surface area contributed by atoms with Gasteiger partial charge in [0.15, 0.2) is 0 Å². The Morgan fingerprint density at radius 3 is 2.55 bits per heavy atom. The number of carbonyl (C=O) groups excluding carboxylic acids is 3. The van der Waals surface area contributed by atoms with E-state index in [9.17, 15) is 18.8 Å². The van der Waals surface area contributed by atoms with Crippen LogP contribution >= 0.6 is 11.6 Å². The van der Waals surface area contributed by atoms with Gasteiger partial charge in [-0.15, -0.1) is 0 Å². The molecule has 3 amide bonds. The highest BCUT2D eigenvalue weighted by Crippen LogP contribution is 2.19. The average Bonchev–Trinajstić information content (AvgIpc) is 2.71. The van der Waals surface area contributed by atoms with Crippen LogP contribution in [0.1, 0.15) is 19.3 Å². The zero-order chi connectivity index (χ0) is 14.7. The summed E-state index contributed by atoms with van der Waals surface area (Å²) in [4.78, 5) is 35.4. The second-order valence-electron chi connectivity index (χ2n) is 4.37. The lowest BCUT2D eigenvalue weighted by Gasteiger charge is -2.13. The Bertz CT molecular complexity index is 561. The van der Waals surface area contributed by atoms with Gasteiger partial charge in [0.25, 0.3) is 0 Å². The maximum absolute atomic E-state index is 13.2. The van der Waals surface area contributed by atoms with Crippen molar-refractivity contribution in [2.75, 3.05) is 11.9 Å². The van der Waals surface area contributed by atoms with E-state index in [0.29, 0.717) is 0 Å². The Kier molecular flexibility index (Phi) is 4.34. The number of rotatable bonds is 4. The van der Waals surface area contributed by atoms with Gasteiger partial charge in [-0.1, -0.05) is 11.6 Å². The molecule has 2 rings (SSSR count). The molecule has 5 nitrogen and oxygen atoms in total. The van der Waals surface area contributed by atoms with E-state index in [2.05, 4.69) is 5.32 Å². The predicted molar refractivity (Wildman–Crippen MR) is 70.6 cm³/mol. The fraction of sp³-hybridized carbons (Fsp3) is 0.308. The Labute approximate surface area is 119 Å². The molecule has 0 unspecified atom stereocenters. The topological polar surface area (TPSA) is 66.5 Å². The number of hydrogen-bond acceptors (Lipinski definition) is 3. The molecular weight excluding hydrogens is 287 g/mol. The summed E-state index contributed by atoms with van der Waals surface area (Å²) in [5.41, 5.74) is 0.274. The van der Waals surface area contributed by atoms with E-state index < -0.39 is 11.7 Å². The highest BCUT2D eigenvalue weighted by molar-refractivity contribution is 6.30. The summed E-state index contributed by atoms with van der Waals surface area (Å²) in [7, 11) is 0. The molecule has 1 aromatic carbocycles. The van der Waals surface area contributed by atoms with Gasteiger partial charge in [-0.05, 0) is 18.2 Å². The molecule has 0 atom stereocenters. The van der Waals surface area contributed by atoms with Crippen molar-refractivity contribution in [3.05, 3.63) is 29.0 Å². The van der Waals surface area contributed by atoms with Crippen molar-refractivity contribution in [3.8, 4) is 0 Å². The zero-order valence-corrected chi connectivity index (χ0v) is 11.2. The molecule has 0 radical (unpaired) electrons. The number of hydrogen-bond donors (Lipinski definition) is 1. The van der Waals surface area contributed by atoms with Crippen LogP contribution in [0.25, 0.3) is 0 Å². The number of nitrogens with one attached hydrogen (secondary N) is 1. The van der Waals surface area contributed by atoms with Crippen LogP contribution in [0.3, 0.4) is 0 Å². The van der Waals surface area contributed by atoms with Crippen LogP contribution in [0.5, 0.6) is 0 Å². The van der Waals surface area contributed by atoms with Crippen molar-refractivity contribution in [2.45, 2.75) is 19.3 Å². The second-order valence-corrected chi connectivity index (χ2v) is 4.77. The molecule has 1 N–H and O–H groups in total. The van der Waals surface area contributed by atoms with E-state index in [1.807, 2.05) is 0 Å². The van der Waals surface area contributed by atoms with Crippen molar-refractivity contribution >= 4 is 35.0 Å². The molecule has 0 bridgehead atoms. The van der Waals surface area contributed by atoms with E-state index in [1.54, 1.807) is 0 Å². The first-order valence-electron chi connectivity index (χ1n) is 6.05. The van der Waals surface area contributed by atoms with Gasteiger partial charge in [0.1, 0.15) is 5.82 Å². The summed E-state index contributed by atoms with van der Waals surface area (Å²) in [6, 6.07) is 3.90. The standard InChI is InChI=1S/C13H12ClFN2O3/c14-9-2-1-8(7-10(9)15)16-11(18)5-6-17-12(19)3-4-13(17)20/h1-2,7H,3-6H2,(H,16,18). The van der Waals surface area contributed by atoms with E-state index in [1.165, 1.54) is 12.1 Å². The molecule has 1 aliphatic rings. The lowest BCUT2D eigenvalue weighted by atomic mass is 10.3. The monoisotopic (exact) mass is 298 g/mol.